The molecule has 164 valence electrons. The van der Waals surface area contributed by atoms with Crippen molar-refractivity contribution >= 4 is 17.5 Å². The number of carbonyl (C=O) groups is 2. The Labute approximate surface area is 183 Å². The van der Waals surface area contributed by atoms with Crippen LogP contribution in [-0.4, -0.2) is 35.4 Å². The van der Waals surface area contributed by atoms with E-state index in [1.54, 1.807) is 0 Å². The minimum Gasteiger partial charge on any atom is -0.484 e. The molecule has 31 heavy (non-hydrogen) atoms. The minimum atomic E-state index is -0.231. The van der Waals surface area contributed by atoms with E-state index in [2.05, 4.69) is 5.32 Å². The Balaban J connectivity index is 1.45. The van der Waals surface area contributed by atoms with Crippen LogP contribution in [0.15, 0.2) is 54.6 Å². The molecule has 2 unspecified atom stereocenters. The van der Waals surface area contributed by atoms with Gasteiger partial charge in [0.1, 0.15) is 5.75 Å². The highest BCUT2D eigenvalue weighted by Gasteiger charge is 2.38. The number of para-hydroxylation sites is 2. The summed E-state index contributed by atoms with van der Waals surface area (Å²) in [5.41, 5.74) is 8.05. The number of hydrogen-bond acceptors (Lipinski definition) is 4. The van der Waals surface area contributed by atoms with Crippen LogP contribution in [0.25, 0.3) is 0 Å². The molecular weight excluding hydrogens is 390 g/mol. The summed E-state index contributed by atoms with van der Waals surface area (Å²) in [5.74, 6) is 0.759. The van der Waals surface area contributed by atoms with Crippen molar-refractivity contribution in [2.24, 2.45) is 11.7 Å². The predicted octanol–water partition coefficient (Wildman–Crippen LogP) is 3.71. The number of nitrogens with two attached hydrogens (primary N) is 1. The molecular formula is C25H31N3O3. The zero-order valence-corrected chi connectivity index (χ0v) is 17.8. The van der Waals surface area contributed by atoms with E-state index in [0.717, 1.165) is 44.1 Å². The highest BCUT2D eigenvalue weighted by molar-refractivity contribution is 5.92. The third-order valence-electron chi connectivity index (χ3n) is 6.14. The molecule has 0 aliphatic heterocycles. The van der Waals surface area contributed by atoms with Gasteiger partial charge in [0.15, 0.2) is 6.61 Å². The van der Waals surface area contributed by atoms with E-state index in [9.17, 15) is 9.59 Å². The number of rotatable bonds is 8. The third kappa shape index (κ3) is 5.64. The molecule has 2 aliphatic rings. The van der Waals surface area contributed by atoms with Crippen molar-refractivity contribution in [2.45, 2.75) is 57.2 Å². The molecule has 2 atom stereocenters. The summed E-state index contributed by atoms with van der Waals surface area (Å²) in [6.45, 7) is 0.389. The van der Waals surface area contributed by atoms with Crippen molar-refractivity contribution in [3.8, 4) is 5.75 Å². The topological polar surface area (TPSA) is 84.7 Å². The van der Waals surface area contributed by atoms with Gasteiger partial charge in [-0.1, -0.05) is 49.2 Å². The maximum absolute atomic E-state index is 13.1. The van der Waals surface area contributed by atoms with Gasteiger partial charge in [0.25, 0.3) is 5.91 Å². The van der Waals surface area contributed by atoms with Gasteiger partial charge in [0, 0.05) is 30.2 Å². The Morgan fingerprint density at radius 2 is 1.68 bits per heavy atom. The fourth-order valence-electron chi connectivity index (χ4n) is 4.27. The summed E-state index contributed by atoms with van der Waals surface area (Å²) in [7, 11) is 0. The second-order valence-corrected chi connectivity index (χ2v) is 8.56. The number of ether oxygens (including phenoxy) is 1. The molecule has 2 fully saturated rings. The lowest BCUT2D eigenvalue weighted by Gasteiger charge is -2.39. The van der Waals surface area contributed by atoms with Crippen LogP contribution in [0.3, 0.4) is 0 Å². The first-order valence-electron chi connectivity index (χ1n) is 11.2. The van der Waals surface area contributed by atoms with Crippen LogP contribution in [0.2, 0.25) is 0 Å². The normalized spacial score (nSPS) is 20.7. The lowest BCUT2D eigenvalue weighted by Crippen LogP contribution is -2.52. The maximum atomic E-state index is 13.1. The Morgan fingerprint density at radius 3 is 2.42 bits per heavy atom. The predicted molar refractivity (Wildman–Crippen MR) is 121 cm³/mol. The average Bonchev–Trinajstić information content (AvgIpc) is 3.64. The molecule has 4 rings (SSSR count). The summed E-state index contributed by atoms with van der Waals surface area (Å²) in [6.07, 6.45) is 6.05. The van der Waals surface area contributed by atoms with Crippen molar-refractivity contribution in [3.63, 3.8) is 0 Å². The van der Waals surface area contributed by atoms with Gasteiger partial charge in [-0.25, -0.2) is 0 Å². The van der Waals surface area contributed by atoms with Gasteiger partial charge in [-0.2, -0.15) is 0 Å². The van der Waals surface area contributed by atoms with Crippen molar-refractivity contribution < 1.29 is 14.3 Å². The third-order valence-corrected chi connectivity index (χ3v) is 6.14. The molecule has 0 heterocycles. The Bertz CT molecular complexity index is 898. The van der Waals surface area contributed by atoms with Crippen LogP contribution < -0.4 is 15.8 Å². The zero-order valence-electron chi connectivity index (χ0n) is 17.8. The number of carbonyl (C=O) groups excluding carboxylic acids is 2. The van der Waals surface area contributed by atoms with Crippen LogP contribution >= 0.6 is 0 Å². The van der Waals surface area contributed by atoms with Gasteiger partial charge in [0.2, 0.25) is 5.91 Å². The van der Waals surface area contributed by atoms with E-state index >= 15 is 0 Å². The Morgan fingerprint density at radius 1 is 0.968 bits per heavy atom. The number of hydrogen-bond donors (Lipinski definition) is 2. The van der Waals surface area contributed by atoms with E-state index in [1.165, 1.54) is 0 Å². The molecule has 2 amide bonds. The fourth-order valence-corrected chi connectivity index (χ4v) is 4.27. The lowest BCUT2D eigenvalue weighted by molar-refractivity contribution is -0.136. The molecule has 3 N–H and O–H groups in total. The smallest absolute Gasteiger partial charge is 0.262 e. The van der Waals surface area contributed by atoms with Crippen molar-refractivity contribution in [1.82, 2.24) is 4.90 Å². The summed E-state index contributed by atoms with van der Waals surface area (Å²) in [5, 5.41) is 2.95. The Kier molecular flexibility index (Phi) is 6.87. The highest BCUT2D eigenvalue weighted by atomic mass is 16.5. The van der Waals surface area contributed by atoms with Crippen LogP contribution in [0.4, 0.5) is 5.69 Å². The molecule has 0 bridgehead atoms. The molecule has 6 nitrogen and oxygen atoms in total. The fraction of sp³-hybridized carbons (Fsp3) is 0.440. The van der Waals surface area contributed by atoms with Gasteiger partial charge in [-0.15, -0.1) is 0 Å². The van der Waals surface area contributed by atoms with Crippen LogP contribution in [0.5, 0.6) is 5.75 Å². The molecule has 0 aromatic heterocycles. The monoisotopic (exact) mass is 421 g/mol. The molecule has 2 aromatic carbocycles. The number of anilines is 1. The van der Waals surface area contributed by atoms with E-state index in [1.807, 2.05) is 59.5 Å². The van der Waals surface area contributed by atoms with Crippen LogP contribution in [0.1, 0.15) is 44.1 Å². The molecule has 2 saturated carbocycles. The molecule has 0 saturated heterocycles. The standard InChI is InChI=1S/C25H31N3O3/c26-21-11-5-7-13-23(21)28(25(30)18-14-15-18)16-19-8-4-6-12-22(19)27-24(29)17-31-20-9-2-1-3-10-20/h1-4,6,8-10,12,18,21,23H,5,7,11,13-17,26H2,(H,27,29). The average molecular weight is 422 g/mol. The summed E-state index contributed by atoms with van der Waals surface area (Å²) in [4.78, 5) is 27.6. The van der Waals surface area contributed by atoms with Gasteiger partial charge >= 0.3 is 0 Å². The molecule has 0 spiro atoms. The molecule has 0 radical (unpaired) electrons. The second kappa shape index (κ2) is 9.96. The molecule has 6 heteroatoms. The van der Waals surface area contributed by atoms with E-state index in [0.29, 0.717) is 18.0 Å². The van der Waals surface area contributed by atoms with Gasteiger partial charge in [0.05, 0.1) is 0 Å². The number of amides is 2. The van der Waals surface area contributed by atoms with Crippen molar-refractivity contribution in [1.29, 1.82) is 0 Å². The van der Waals surface area contributed by atoms with E-state index in [4.69, 9.17) is 10.5 Å². The second-order valence-electron chi connectivity index (χ2n) is 8.56. The summed E-state index contributed by atoms with van der Waals surface area (Å²) < 4.78 is 5.56. The van der Waals surface area contributed by atoms with Crippen LogP contribution in [0, 0.1) is 5.92 Å². The minimum absolute atomic E-state index is 0.0116. The number of nitrogens with one attached hydrogen (secondary N) is 1. The molecule has 2 aromatic rings. The van der Waals surface area contributed by atoms with Gasteiger partial charge in [-0.05, 0) is 49.4 Å². The highest BCUT2D eigenvalue weighted by Crippen LogP contribution is 2.35. The first kappa shape index (κ1) is 21.4. The number of nitrogens with zero attached hydrogens (tertiary/aromatic N) is 1. The molecule has 2 aliphatic carbocycles. The van der Waals surface area contributed by atoms with Gasteiger partial charge < -0.3 is 20.7 Å². The Hall–Kier alpha value is -2.86. The largest absolute Gasteiger partial charge is 0.484 e. The maximum Gasteiger partial charge on any atom is 0.262 e. The SMILES string of the molecule is NC1CCCCC1N(Cc1ccccc1NC(=O)COc1ccccc1)C(=O)C1CC1. The van der Waals surface area contributed by atoms with Crippen molar-refractivity contribution in [2.75, 3.05) is 11.9 Å². The first-order valence-corrected chi connectivity index (χ1v) is 11.2. The lowest BCUT2D eigenvalue weighted by atomic mass is 9.89. The van der Waals surface area contributed by atoms with Gasteiger partial charge in [-0.3, -0.25) is 9.59 Å². The first-order chi connectivity index (χ1) is 15.1. The number of benzene rings is 2. The quantitative estimate of drug-likeness (QED) is 0.680. The van der Waals surface area contributed by atoms with Crippen molar-refractivity contribution in [3.05, 3.63) is 60.2 Å². The van der Waals surface area contributed by atoms with E-state index < -0.39 is 0 Å². The van der Waals surface area contributed by atoms with Crippen LogP contribution in [-0.2, 0) is 16.1 Å². The van der Waals surface area contributed by atoms with E-state index in [-0.39, 0.29) is 36.4 Å². The summed E-state index contributed by atoms with van der Waals surface area (Å²) >= 11 is 0. The zero-order chi connectivity index (χ0) is 21.6. The summed E-state index contributed by atoms with van der Waals surface area (Å²) in [6, 6.07) is 17.0.